The molecule has 0 saturated heterocycles. The Labute approximate surface area is 134 Å². The summed E-state index contributed by atoms with van der Waals surface area (Å²) in [5.74, 6) is -1.51. The fourth-order valence-electron chi connectivity index (χ4n) is 2.32. The Morgan fingerprint density at radius 2 is 2.00 bits per heavy atom. The van der Waals surface area contributed by atoms with Gasteiger partial charge in [0.1, 0.15) is 5.75 Å². The van der Waals surface area contributed by atoms with Crippen LogP contribution in [0.2, 0.25) is 0 Å². The molecule has 0 aliphatic heterocycles. The maximum atomic E-state index is 12.0. The molecule has 0 spiro atoms. The normalized spacial score (nSPS) is 16.5. The average Bonchev–Trinajstić information content (AvgIpc) is 2.60. The third-order valence-corrected chi connectivity index (χ3v) is 3.55. The monoisotopic (exact) mass is 317 g/mol. The first-order valence-corrected chi connectivity index (χ1v) is 7.40. The van der Waals surface area contributed by atoms with Gasteiger partial charge in [0, 0.05) is 0 Å². The molecule has 0 heterocycles. The van der Waals surface area contributed by atoms with Crippen molar-refractivity contribution < 1.29 is 23.9 Å². The molecule has 122 valence electrons. The van der Waals surface area contributed by atoms with E-state index in [1.54, 1.807) is 24.3 Å². The van der Waals surface area contributed by atoms with Crippen LogP contribution in [-0.2, 0) is 14.3 Å². The van der Waals surface area contributed by atoms with Gasteiger partial charge in [-0.25, -0.2) is 0 Å². The van der Waals surface area contributed by atoms with E-state index in [4.69, 9.17) is 9.47 Å². The van der Waals surface area contributed by atoms with Crippen molar-refractivity contribution in [1.29, 1.82) is 0 Å². The number of allylic oxidation sites excluding steroid dienone is 2. The van der Waals surface area contributed by atoms with E-state index < -0.39 is 24.4 Å². The number of para-hydroxylation sites is 1. The van der Waals surface area contributed by atoms with Crippen molar-refractivity contribution in [2.24, 2.45) is 5.92 Å². The van der Waals surface area contributed by atoms with E-state index in [0.717, 1.165) is 12.8 Å². The zero-order valence-corrected chi connectivity index (χ0v) is 12.9. The largest absolute Gasteiger partial charge is 0.496 e. The molecule has 0 aromatic heterocycles. The smallest absolute Gasteiger partial charge is 0.309 e. The maximum absolute atomic E-state index is 12.0. The highest BCUT2D eigenvalue weighted by Crippen LogP contribution is 2.19. The summed E-state index contributed by atoms with van der Waals surface area (Å²) < 4.78 is 10.0. The first-order valence-electron chi connectivity index (χ1n) is 7.40. The van der Waals surface area contributed by atoms with Crippen LogP contribution in [0.3, 0.4) is 0 Å². The van der Waals surface area contributed by atoms with Gasteiger partial charge in [-0.3, -0.25) is 19.7 Å². The molecule has 0 fully saturated rings. The Morgan fingerprint density at radius 1 is 1.22 bits per heavy atom. The van der Waals surface area contributed by atoms with Crippen molar-refractivity contribution in [3.63, 3.8) is 0 Å². The van der Waals surface area contributed by atoms with E-state index in [9.17, 15) is 14.4 Å². The molecule has 0 unspecified atom stereocenters. The minimum Gasteiger partial charge on any atom is -0.496 e. The SMILES string of the molecule is COc1ccccc1C(=O)NC(=O)COC(=O)[C@@H]1CC=CCC1. The van der Waals surface area contributed by atoms with Gasteiger partial charge in [-0.05, 0) is 31.4 Å². The number of nitrogens with one attached hydrogen (secondary N) is 1. The Kier molecular flexibility index (Phi) is 5.91. The summed E-state index contributed by atoms with van der Waals surface area (Å²) in [5.41, 5.74) is 0.243. The minimum atomic E-state index is -0.666. The summed E-state index contributed by atoms with van der Waals surface area (Å²) in [7, 11) is 1.44. The molecule has 0 saturated carbocycles. The molecule has 2 amide bonds. The topological polar surface area (TPSA) is 81.7 Å². The Morgan fingerprint density at radius 3 is 2.70 bits per heavy atom. The molecule has 0 bridgehead atoms. The van der Waals surface area contributed by atoms with Crippen molar-refractivity contribution in [2.75, 3.05) is 13.7 Å². The van der Waals surface area contributed by atoms with Crippen LogP contribution in [0, 0.1) is 5.92 Å². The minimum absolute atomic E-state index is 0.210. The number of rotatable bonds is 5. The third kappa shape index (κ3) is 4.67. The van der Waals surface area contributed by atoms with Crippen LogP contribution in [0.1, 0.15) is 29.6 Å². The van der Waals surface area contributed by atoms with Gasteiger partial charge in [-0.2, -0.15) is 0 Å². The lowest BCUT2D eigenvalue weighted by Crippen LogP contribution is -2.35. The van der Waals surface area contributed by atoms with E-state index in [1.165, 1.54) is 7.11 Å². The maximum Gasteiger partial charge on any atom is 0.309 e. The molecular weight excluding hydrogens is 298 g/mol. The molecule has 1 atom stereocenters. The Hall–Kier alpha value is -2.63. The van der Waals surface area contributed by atoms with Crippen molar-refractivity contribution in [3.05, 3.63) is 42.0 Å². The fourth-order valence-corrected chi connectivity index (χ4v) is 2.32. The lowest BCUT2D eigenvalue weighted by atomic mass is 9.95. The molecule has 23 heavy (non-hydrogen) atoms. The number of amides is 2. The van der Waals surface area contributed by atoms with Crippen LogP contribution in [0.5, 0.6) is 5.75 Å². The summed E-state index contributed by atoms with van der Waals surface area (Å²) in [6.45, 7) is -0.472. The zero-order chi connectivity index (χ0) is 16.7. The van der Waals surface area contributed by atoms with Crippen molar-refractivity contribution in [2.45, 2.75) is 19.3 Å². The fraction of sp³-hybridized carbons (Fsp3) is 0.353. The predicted molar refractivity (Wildman–Crippen MR) is 82.9 cm³/mol. The second-order valence-corrected chi connectivity index (χ2v) is 5.17. The Balaban J connectivity index is 1.83. The van der Waals surface area contributed by atoms with E-state index in [1.807, 2.05) is 12.2 Å². The van der Waals surface area contributed by atoms with Gasteiger partial charge in [-0.1, -0.05) is 24.3 Å². The second-order valence-electron chi connectivity index (χ2n) is 5.17. The molecule has 2 rings (SSSR count). The number of esters is 1. The molecule has 1 aromatic rings. The summed E-state index contributed by atoms with van der Waals surface area (Å²) in [6, 6.07) is 6.55. The van der Waals surface area contributed by atoms with E-state index >= 15 is 0 Å². The van der Waals surface area contributed by atoms with Gasteiger partial charge in [0.25, 0.3) is 11.8 Å². The highest BCUT2D eigenvalue weighted by molar-refractivity contribution is 6.06. The number of methoxy groups -OCH3 is 1. The molecule has 1 aromatic carbocycles. The highest BCUT2D eigenvalue weighted by Gasteiger charge is 2.22. The summed E-state index contributed by atoms with van der Waals surface area (Å²) in [5, 5.41) is 2.18. The van der Waals surface area contributed by atoms with E-state index in [-0.39, 0.29) is 11.5 Å². The third-order valence-electron chi connectivity index (χ3n) is 3.55. The van der Waals surface area contributed by atoms with Gasteiger partial charge < -0.3 is 9.47 Å². The lowest BCUT2D eigenvalue weighted by Gasteiger charge is -2.16. The molecule has 6 heteroatoms. The van der Waals surface area contributed by atoms with Crippen LogP contribution in [0.25, 0.3) is 0 Å². The molecular formula is C17H19NO5. The van der Waals surface area contributed by atoms with Gasteiger partial charge in [-0.15, -0.1) is 0 Å². The molecule has 1 aliphatic carbocycles. The number of hydrogen-bond donors (Lipinski definition) is 1. The van der Waals surface area contributed by atoms with Crippen molar-refractivity contribution >= 4 is 17.8 Å². The lowest BCUT2D eigenvalue weighted by molar-refractivity contribution is -0.152. The van der Waals surface area contributed by atoms with Gasteiger partial charge in [0.05, 0.1) is 18.6 Å². The summed E-state index contributed by atoms with van der Waals surface area (Å²) in [4.78, 5) is 35.6. The molecule has 6 nitrogen and oxygen atoms in total. The average molecular weight is 317 g/mol. The molecule has 0 radical (unpaired) electrons. The van der Waals surface area contributed by atoms with Crippen LogP contribution in [0.4, 0.5) is 0 Å². The number of carbonyl (C=O) groups excluding carboxylic acids is 3. The predicted octanol–water partition coefficient (Wildman–Crippen LogP) is 1.85. The van der Waals surface area contributed by atoms with E-state index in [0.29, 0.717) is 12.2 Å². The number of ether oxygens (including phenoxy) is 2. The molecule has 1 aliphatic rings. The number of imide groups is 1. The van der Waals surface area contributed by atoms with Crippen LogP contribution >= 0.6 is 0 Å². The van der Waals surface area contributed by atoms with Crippen LogP contribution in [-0.4, -0.2) is 31.5 Å². The van der Waals surface area contributed by atoms with Crippen LogP contribution < -0.4 is 10.1 Å². The molecule has 1 N–H and O–H groups in total. The first kappa shape index (κ1) is 16.7. The first-order chi connectivity index (χ1) is 11.1. The van der Waals surface area contributed by atoms with E-state index in [2.05, 4.69) is 5.32 Å². The highest BCUT2D eigenvalue weighted by atomic mass is 16.5. The van der Waals surface area contributed by atoms with Crippen LogP contribution in [0.15, 0.2) is 36.4 Å². The number of hydrogen-bond acceptors (Lipinski definition) is 5. The number of carbonyl (C=O) groups is 3. The standard InChI is InChI=1S/C17H19NO5/c1-22-14-10-6-5-9-13(14)16(20)18-15(19)11-23-17(21)12-7-3-2-4-8-12/h2-3,5-6,9-10,12H,4,7-8,11H2,1H3,(H,18,19,20)/t12-/m1/s1. The summed E-state index contributed by atoms with van der Waals surface area (Å²) in [6.07, 6.45) is 6.12. The van der Waals surface area contributed by atoms with Gasteiger partial charge in [0.15, 0.2) is 6.61 Å². The van der Waals surface area contributed by atoms with Gasteiger partial charge in [0.2, 0.25) is 0 Å². The van der Waals surface area contributed by atoms with Crippen molar-refractivity contribution in [3.8, 4) is 5.75 Å². The quantitative estimate of drug-likeness (QED) is 0.662. The second kappa shape index (κ2) is 8.12. The zero-order valence-electron chi connectivity index (χ0n) is 12.9. The number of benzene rings is 1. The summed E-state index contributed by atoms with van der Waals surface area (Å²) >= 11 is 0. The van der Waals surface area contributed by atoms with Crippen molar-refractivity contribution in [1.82, 2.24) is 5.32 Å². The Bertz CT molecular complexity index is 623. The van der Waals surface area contributed by atoms with Gasteiger partial charge >= 0.3 is 5.97 Å².